The summed E-state index contributed by atoms with van der Waals surface area (Å²) in [6.45, 7) is 0.0155. The van der Waals surface area contributed by atoms with Gasteiger partial charge in [-0.25, -0.2) is 4.79 Å². The van der Waals surface area contributed by atoms with E-state index in [1.165, 1.54) is 0 Å². The van der Waals surface area contributed by atoms with Crippen LogP contribution in [0.2, 0.25) is 0 Å². The molecule has 2 aromatic carbocycles. The van der Waals surface area contributed by atoms with Crippen LogP contribution in [0.1, 0.15) is 17.5 Å². The number of benzene rings is 2. The zero-order valence-corrected chi connectivity index (χ0v) is 17.9. The van der Waals surface area contributed by atoms with Gasteiger partial charge in [-0.05, 0) is 11.1 Å². The average molecular weight is 448 g/mol. The Kier molecular flexibility index (Phi) is 9.74. The van der Waals surface area contributed by atoms with Crippen molar-refractivity contribution in [3.63, 3.8) is 0 Å². The van der Waals surface area contributed by atoms with E-state index in [9.17, 15) is 23.8 Å². The van der Waals surface area contributed by atoms with E-state index in [4.69, 9.17) is 4.74 Å². The minimum atomic E-state index is -3.28. The molecule has 0 aliphatic rings. The molecule has 0 aromatic heterocycles. The van der Waals surface area contributed by atoms with Crippen LogP contribution in [0.15, 0.2) is 60.7 Å². The van der Waals surface area contributed by atoms with Gasteiger partial charge in [0.25, 0.3) is 0 Å². The van der Waals surface area contributed by atoms with Crippen LogP contribution in [0.4, 0.5) is 4.79 Å². The lowest BCUT2D eigenvalue weighted by molar-refractivity contribution is -0.140. The lowest BCUT2D eigenvalue weighted by atomic mass is 10.1. The van der Waals surface area contributed by atoms with E-state index in [1.807, 2.05) is 12.1 Å². The molecule has 2 amide bonds. The quantitative estimate of drug-likeness (QED) is 0.374. The summed E-state index contributed by atoms with van der Waals surface area (Å²) in [5, 5.41) is 4.84. The Labute approximate surface area is 180 Å². The van der Waals surface area contributed by atoms with Crippen molar-refractivity contribution in [2.75, 3.05) is 7.11 Å². The molecule has 2 rings (SSSR count). The first kappa shape index (κ1) is 24.1. The summed E-state index contributed by atoms with van der Waals surface area (Å²) in [5.41, 5.74) is 1.53. The number of ether oxygens (including phenoxy) is 2. The van der Waals surface area contributed by atoms with Crippen molar-refractivity contribution in [3.05, 3.63) is 71.8 Å². The molecule has 0 saturated heterocycles. The number of hydrogen-bond donors (Lipinski definition) is 3. The molecule has 9 nitrogen and oxygen atoms in total. The summed E-state index contributed by atoms with van der Waals surface area (Å²) in [7, 11) is -2.14. The maximum absolute atomic E-state index is 12.8. The number of carbonyl (C=O) groups is 3. The Morgan fingerprint density at radius 2 is 1.55 bits per heavy atom. The average Bonchev–Trinajstić information content (AvgIpc) is 2.78. The Bertz CT molecular complexity index is 893. The highest BCUT2D eigenvalue weighted by Gasteiger charge is 2.27. The van der Waals surface area contributed by atoms with E-state index in [0.717, 1.165) is 18.2 Å². The molecule has 0 bridgehead atoms. The van der Waals surface area contributed by atoms with Gasteiger partial charge >= 0.3 is 12.1 Å². The maximum Gasteiger partial charge on any atom is 0.408 e. The Hall–Kier alpha value is -3.16. The Morgan fingerprint density at radius 1 is 0.968 bits per heavy atom. The number of nitrogens with one attached hydrogen (secondary N) is 2. The normalized spacial score (nSPS) is 13.4. The zero-order valence-electron chi connectivity index (χ0n) is 16.9. The van der Waals surface area contributed by atoms with Crippen LogP contribution in [-0.2, 0) is 36.7 Å². The number of alkyl carbamates (subject to hydrolysis) is 1. The largest absolute Gasteiger partial charge is 0.469 e. The molecule has 0 heterocycles. The highest BCUT2D eigenvalue weighted by Crippen LogP contribution is 2.23. The minimum Gasteiger partial charge on any atom is -0.469 e. The molecule has 0 spiro atoms. The highest BCUT2D eigenvalue weighted by molar-refractivity contribution is 7.38. The third kappa shape index (κ3) is 8.62. The predicted molar refractivity (Wildman–Crippen MR) is 113 cm³/mol. The van der Waals surface area contributed by atoms with Gasteiger partial charge in [-0.2, -0.15) is 0 Å². The monoisotopic (exact) mass is 448 g/mol. The van der Waals surface area contributed by atoms with Gasteiger partial charge in [0, 0.05) is 6.42 Å². The molecule has 2 unspecified atom stereocenters. The van der Waals surface area contributed by atoms with E-state index in [-0.39, 0.29) is 13.0 Å². The molecule has 166 valence electrons. The number of methoxy groups -OCH3 is 1. The summed E-state index contributed by atoms with van der Waals surface area (Å²) in [6, 6.07) is 16.9. The van der Waals surface area contributed by atoms with E-state index < -0.39 is 44.2 Å². The van der Waals surface area contributed by atoms with E-state index >= 15 is 0 Å². The summed E-state index contributed by atoms with van der Waals surface area (Å²) < 4.78 is 21.3. The molecule has 10 heteroatoms. The zero-order chi connectivity index (χ0) is 22.6. The first-order chi connectivity index (χ1) is 14.9. The van der Waals surface area contributed by atoms with Gasteiger partial charge in [-0.1, -0.05) is 60.7 Å². The number of amides is 2. The van der Waals surface area contributed by atoms with Crippen molar-refractivity contribution in [1.29, 1.82) is 0 Å². The van der Waals surface area contributed by atoms with Crippen molar-refractivity contribution in [2.24, 2.45) is 0 Å². The van der Waals surface area contributed by atoms with Crippen molar-refractivity contribution in [2.45, 2.75) is 31.3 Å². The van der Waals surface area contributed by atoms with Gasteiger partial charge < -0.3 is 25.0 Å². The van der Waals surface area contributed by atoms with Crippen LogP contribution < -0.4 is 10.6 Å². The molecule has 3 N–H and O–H groups in total. The summed E-state index contributed by atoms with van der Waals surface area (Å²) in [6.07, 6.45) is -1.17. The van der Waals surface area contributed by atoms with Crippen molar-refractivity contribution < 1.29 is 33.3 Å². The SMILES string of the molecule is COC(=O)CC(NC(=O)[C@H](Cc1ccccc1)NC(=O)OCc1ccccc1)[PH](=O)O. The van der Waals surface area contributed by atoms with Crippen LogP contribution in [0.3, 0.4) is 0 Å². The molecule has 0 aliphatic carbocycles. The molecule has 31 heavy (non-hydrogen) atoms. The fraction of sp³-hybridized carbons (Fsp3) is 0.286. The predicted octanol–water partition coefficient (Wildman–Crippen LogP) is 2.00. The van der Waals surface area contributed by atoms with Crippen LogP contribution in [0.25, 0.3) is 0 Å². The van der Waals surface area contributed by atoms with Gasteiger partial charge in [0.05, 0.1) is 13.5 Å². The molecule has 0 saturated carbocycles. The standard InChI is InChI=1S/C21H25N2O7P/c1-29-19(24)13-18(31(27)28)23-20(25)17(12-15-8-4-2-5-9-15)22-21(26)30-14-16-10-6-3-7-11-16/h2-11,17-18,31H,12-14H2,1H3,(H,22,26)(H,23,25)(H,27,28)/t17-,18?/m0/s1. The lowest BCUT2D eigenvalue weighted by Crippen LogP contribution is -2.50. The van der Waals surface area contributed by atoms with Crippen LogP contribution in [-0.4, -0.2) is 41.8 Å². The molecule has 2 aromatic rings. The summed E-state index contributed by atoms with van der Waals surface area (Å²) in [5.74, 6) is -2.78. The maximum atomic E-state index is 12.8. The third-order valence-corrected chi connectivity index (χ3v) is 5.26. The molecule has 3 atom stereocenters. The number of hydrogen-bond acceptors (Lipinski definition) is 6. The van der Waals surface area contributed by atoms with Gasteiger partial charge in [0.15, 0.2) is 0 Å². The fourth-order valence-electron chi connectivity index (χ4n) is 2.69. The van der Waals surface area contributed by atoms with E-state index in [1.54, 1.807) is 48.5 Å². The number of esters is 1. The van der Waals surface area contributed by atoms with Crippen molar-refractivity contribution in [3.8, 4) is 0 Å². The van der Waals surface area contributed by atoms with Gasteiger partial charge in [0.1, 0.15) is 18.4 Å². The Balaban J connectivity index is 2.07. The van der Waals surface area contributed by atoms with Crippen molar-refractivity contribution >= 4 is 26.0 Å². The number of rotatable bonds is 10. The minimum absolute atomic E-state index is 0.0155. The fourth-order valence-corrected chi connectivity index (χ4v) is 3.30. The topological polar surface area (TPSA) is 131 Å². The highest BCUT2D eigenvalue weighted by atomic mass is 31.1. The molecule has 0 fully saturated rings. The molecular formula is C21H25N2O7P. The van der Waals surface area contributed by atoms with Crippen LogP contribution in [0, 0.1) is 0 Å². The second kappa shape index (κ2) is 12.5. The van der Waals surface area contributed by atoms with E-state index in [0.29, 0.717) is 0 Å². The Morgan fingerprint density at radius 3 is 2.10 bits per heavy atom. The van der Waals surface area contributed by atoms with Crippen LogP contribution in [0.5, 0.6) is 0 Å². The lowest BCUT2D eigenvalue weighted by Gasteiger charge is -2.21. The second-order valence-electron chi connectivity index (χ2n) is 6.63. The first-order valence-electron chi connectivity index (χ1n) is 9.50. The summed E-state index contributed by atoms with van der Waals surface area (Å²) >= 11 is 0. The molecule has 0 aliphatic heterocycles. The third-order valence-electron chi connectivity index (χ3n) is 4.32. The first-order valence-corrected chi connectivity index (χ1v) is 10.9. The van der Waals surface area contributed by atoms with Gasteiger partial charge in [-0.15, -0.1) is 0 Å². The van der Waals surface area contributed by atoms with E-state index in [2.05, 4.69) is 15.4 Å². The van der Waals surface area contributed by atoms with Crippen LogP contribution >= 0.6 is 8.03 Å². The second-order valence-corrected chi connectivity index (χ2v) is 8.00. The van der Waals surface area contributed by atoms with Gasteiger partial charge in [-0.3, -0.25) is 14.2 Å². The smallest absolute Gasteiger partial charge is 0.408 e. The summed E-state index contributed by atoms with van der Waals surface area (Å²) in [4.78, 5) is 46.0. The number of carbonyl (C=O) groups excluding carboxylic acids is 3. The van der Waals surface area contributed by atoms with Gasteiger partial charge in [0.2, 0.25) is 13.9 Å². The molecule has 0 radical (unpaired) electrons. The van der Waals surface area contributed by atoms with Crippen molar-refractivity contribution in [1.82, 2.24) is 10.6 Å². The molecular weight excluding hydrogens is 423 g/mol.